The molecule has 0 radical (unpaired) electrons. The van der Waals surface area contributed by atoms with Crippen molar-refractivity contribution in [3.63, 3.8) is 0 Å². The predicted octanol–water partition coefficient (Wildman–Crippen LogP) is 2.09. The Morgan fingerprint density at radius 1 is 1.26 bits per heavy atom. The van der Waals surface area contributed by atoms with Gasteiger partial charge in [0.25, 0.3) is 0 Å². The van der Waals surface area contributed by atoms with Crippen molar-refractivity contribution in [2.75, 3.05) is 7.11 Å². The molecule has 108 valence electrons. The van der Waals surface area contributed by atoms with Crippen LogP contribution in [0.3, 0.4) is 0 Å². The smallest absolute Gasteiger partial charge is 0.169 e. The predicted molar refractivity (Wildman–Crippen MR) is 77.4 cm³/mol. The van der Waals surface area contributed by atoms with Gasteiger partial charge in [-0.1, -0.05) is 45.0 Å². The van der Waals surface area contributed by atoms with Crippen LogP contribution in [0.5, 0.6) is 0 Å². The van der Waals surface area contributed by atoms with Gasteiger partial charge in [-0.2, -0.15) is 0 Å². The van der Waals surface area contributed by atoms with Crippen LogP contribution in [0.4, 0.5) is 0 Å². The van der Waals surface area contributed by atoms with E-state index in [4.69, 9.17) is 10.5 Å². The zero-order valence-electron chi connectivity index (χ0n) is 11.7. The molecule has 1 rings (SSSR count). The van der Waals surface area contributed by atoms with E-state index in [1.54, 1.807) is 24.3 Å². The molecule has 1 aromatic rings. The fraction of sp³-hybridized carbons (Fsp3) is 0.500. The van der Waals surface area contributed by atoms with Crippen LogP contribution in [0.15, 0.2) is 24.3 Å². The highest BCUT2D eigenvalue weighted by Crippen LogP contribution is 2.34. The fourth-order valence-electron chi connectivity index (χ4n) is 1.85. The van der Waals surface area contributed by atoms with Crippen LogP contribution >= 0.6 is 12.4 Å². The molecule has 0 saturated heterocycles. The lowest BCUT2D eigenvalue weighted by Crippen LogP contribution is -2.54. The molecule has 2 atom stereocenters. The van der Waals surface area contributed by atoms with Gasteiger partial charge in [-0.3, -0.25) is 10.5 Å². The number of methoxy groups -OCH3 is 1. The first-order chi connectivity index (χ1) is 8.25. The number of benzene rings is 1. The summed E-state index contributed by atoms with van der Waals surface area (Å²) in [5.41, 5.74) is 5.66. The van der Waals surface area contributed by atoms with Crippen molar-refractivity contribution in [2.24, 2.45) is 11.1 Å². The summed E-state index contributed by atoms with van der Waals surface area (Å²) in [6.07, 6.45) is -0.119. The molecule has 0 unspecified atom stereocenters. The summed E-state index contributed by atoms with van der Waals surface area (Å²) in [7, 11) is 1.46. The second-order valence-corrected chi connectivity index (χ2v) is 5.51. The molecule has 5 heteroatoms. The molecule has 3 N–H and O–H groups in total. The minimum Gasteiger partial charge on any atom is -0.388 e. The molecule has 0 bridgehead atoms. The molecular weight excluding hydrogens is 266 g/mol. The first-order valence-corrected chi connectivity index (χ1v) is 5.83. The van der Waals surface area contributed by atoms with E-state index in [-0.39, 0.29) is 12.4 Å². The fourth-order valence-corrected chi connectivity index (χ4v) is 1.85. The Hall–Kier alpha value is -0.940. The van der Waals surface area contributed by atoms with Gasteiger partial charge in [0.2, 0.25) is 0 Å². The third kappa shape index (κ3) is 3.76. The van der Waals surface area contributed by atoms with E-state index < -0.39 is 17.2 Å². The topological polar surface area (TPSA) is 72.5 Å². The van der Waals surface area contributed by atoms with Gasteiger partial charge in [0, 0.05) is 18.2 Å². The number of nitrogens with two attached hydrogens (primary N) is 1. The van der Waals surface area contributed by atoms with E-state index in [0.29, 0.717) is 11.1 Å². The zero-order chi connectivity index (χ0) is 14.0. The normalized spacial score (nSPS) is 16.1. The van der Waals surface area contributed by atoms with Crippen LogP contribution in [0.1, 0.15) is 36.7 Å². The lowest BCUT2D eigenvalue weighted by Gasteiger charge is -2.40. The van der Waals surface area contributed by atoms with Crippen molar-refractivity contribution in [1.29, 1.82) is 0 Å². The molecule has 0 aromatic heterocycles. The SMILES string of the molecule is CO[C@](N)(c1ccc(C=O)cc1)[C@H](O)C(C)(C)C.Cl. The summed E-state index contributed by atoms with van der Waals surface area (Å²) in [6, 6.07) is 6.70. The van der Waals surface area contributed by atoms with E-state index >= 15 is 0 Å². The van der Waals surface area contributed by atoms with E-state index in [1.165, 1.54) is 7.11 Å². The minimum atomic E-state index is -1.29. The average Bonchev–Trinajstić information content (AvgIpc) is 2.36. The summed E-state index contributed by atoms with van der Waals surface area (Å²) < 4.78 is 5.33. The molecule has 0 aliphatic heterocycles. The number of aliphatic hydroxyl groups is 1. The van der Waals surface area contributed by atoms with E-state index in [2.05, 4.69) is 0 Å². The monoisotopic (exact) mass is 287 g/mol. The summed E-state index contributed by atoms with van der Waals surface area (Å²) in [4.78, 5) is 10.6. The number of hydrogen-bond donors (Lipinski definition) is 2. The maximum atomic E-state index is 10.6. The standard InChI is InChI=1S/C14H21NO3.ClH/c1-13(2,3)12(17)14(15,18-4)11-7-5-10(9-16)6-8-11;/h5-9,12,17H,15H2,1-4H3;1H/t12-,14-;/m1./s1. The number of ether oxygens (including phenoxy) is 1. The number of hydrogen-bond acceptors (Lipinski definition) is 4. The molecule has 0 aliphatic carbocycles. The lowest BCUT2D eigenvalue weighted by molar-refractivity contribution is -0.144. The Balaban J connectivity index is 0.00000324. The van der Waals surface area contributed by atoms with Gasteiger partial charge in [0.1, 0.15) is 12.4 Å². The Morgan fingerprint density at radius 2 is 1.74 bits per heavy atom. The number of carbonyl (C=O) groups is 1. The summed E-state index contributed by atoms with van der Waals surface area (Å²) in [5.74, 6) is 0. The second-order valence-electron chi connectivity index (χ2n) is 5.51. The second kappa shape index (κ2) is 6.48. The third-order valence-electron chi connectivity index (χ3n) is 3.06. The summed E-state index contributed by atoms with van der Waals surface area (Å²) >= 11 is 0. The van der Waals surface area contributed by atoms with Gasteiger partial charge >= 0.3 is 0 Å². The van der Waals surface area contributed by atoms with Crippen molar-refractivity contribution < 1.29 is 14.6 Å². The van der Waals surface area contributed by atoms with Crippen LogP contribution in [0, 0.1) is 5.41 Å². The van der Waals surface area contributed by atoms with E-state index in [0.717, 1.165) is 6.29 Å². The Labute approximate surface area is 120 Å². The molecule has 0 saturated carbocycles. The van der Waals surface area contributed by atoms with Crippen molar-refractivity contribution >= 4 is 18.7 Å². The highest BCUT2D eigenvalue weighted by Gasteiger charge is 2.42. The highest BCUT2D eigenvalue weighted by molar-refractivity contribution is 5.85. The Kier molecular flexibility index (Phi) is 6.16. The van der Waals surface area contributed by atoms with Crippen LogP contribution in [0.2, 0.25) is 0 Å². The van der Waals surface area contributed by atoms with Crippen molar-refractivity contribution in [2.45, 2.75) is 32.6 Å². The largest absolute Gasteiger partial charge is 0.388 e. The maximum absolute atomic E-state index is 10.6. The number of aliphatic hydroxyl groups excluding tert-OH is 1. The number of carbonyl (C=O) groups excluding carboxylic acids is 1. The highest BCUT2D eigenvalue weighted by atomic mass is 35.5. The molecule has 0 spiro atoms. The van der Waals surface area contributed by atoms with Gasteiger partial charge in [0.05, 0.1) is 0 Å². The minimum absolute atomic E-state index is 0. The third-order valence-corrected chi connectivity index (χ3v) is 3.06. The zero-order valence-corrected chi connectivity index (χ0v) is 12.5. The quantitative estimate of drug-likeness (QED) is 0.657. The first-order valence-electron chi connectivity index (χ1n) is 5.83. The number of aldehydes is 1. The van der Waals surface area contributed by atoms with Gasteiger partial charge in [-0.05, 0) is 5.41 Å². The van der Waals surface area contributed by atoms with Crippen LogP contribution in [-0.2, 0) is 10.5 Å². The number of halogens is 1. The van der Waals surface area contributed by atoms with Crippen LogP contribution in [0.25, 0.3) is 0 Å². The van der Waals surface area contributed by atoms with Gasteiger partial charge in [-0.15, -0.1) is 12.4 Å². The molecule has 0 heterocycles. The van der Waals surface area contributed by atoms with E-state index in [9.17, 15) is 9.90 Å². The Morgan fingerprint density at radius 3 is 2.05 bits per heavy atom. The summed E-state index contributed by atoms with van der Waals surface area (Å²) in [5, 5.41) is 10.4. The van der Waals surface area contributed by atoms with Gasteiger partial charge < -0.3 is 9.84 Å². The van der Waals surface area contributed by atoms with Gasteiger partial charge in [0.15, 0.2) is 5.72 Å². The Bertz CT molecular complexity index is 414. The van der Waals surface area contributed by atoms with Gasteiger partial charge in [-0.25, -0.2) is 0 Å². The lowest BCUT2D eigenvalue weighted by atomic mass is 9.80. The molecule has 0 aliphatic rings. The van der Waals surface area contributed by atoms with Crippen LogP contribution in [-0.4, -0.2) is 24.6 Å². The molecule has 1 aromatic carbocycles. The summed E-state index contributed by atoms with van der Waals surface area (Å²) in [6.45, 7) is 5.66. The molecule has 19 heavy (non-hydrogen) atoms. The van der Waals surface area contributed by atoms with E-state index in [1.807, 2.05) is 20.8 Å². The molecule has 0 amide bonds. The average molecular weight is 288 g/mol. The molecular formula is C14H22ClNO3. The number of rotatable bonds is 4. The maximum Gasteiger partial charge on any atom is 0.169 e. The molecule has 4 nitrogen and oxygen atoms in total. The van der Waals surface area contributed by atoms with Crippen molar-refractivity contribution in [1.82, 2.24) is 0 Å². The van der Waals surface area contributed by atoms with Crippen molar-refractivity contribution in [3.05, 3.63) is 35.4 Å². The first kappa shape index (κ1) is 18.1. The van der Waals surface area contributed by atoms with Crippen LogP contribution < -0.4 is 5.73 Å². The van der Waals surface area contributed by atoms with Crippen molar-refractivity contribution in [3.8, 4) is 0 Å². The molecule has 0 fully saturated rings.